The first-order valence-corrected chi connectivity index (χ1v) is 5.95. The number of carbonyl (C=O) groups is 1. The van der Waals surface area contributed by atoms with Crippen molar-refractivity contribution in [2.75, 3.05) is 19.8 Å². The number of nitrogens with zero attached hydrogens (tertiary/aromatic N) is 1. The zero-order chi connectivity index (χ0) is 13.5. The van der Waals surface area contributed by atoms with Crippen molar-refractivity contribution in [3.05, 3.63) is 23.8 Å². The van der Waals surface area contributed by atoms with Gasteiger partial charge in [-0.25, -0.2) is 4.79 Å². The Hall–Kier alpha value is -2.42. The van der Waals surface area contributed by atoms with E-state index in [1.165, 1.54) is 0 Å². The summed E-state index contributed by atoms with van der Waals surface area (Å²) in [5.74, 6) is 1.37. The lowest BCUT2D eigenvalue weighted by Crippen LogP contribution is -2.25. The molecule has 1 N–H and O–H groups in total. The van der Waals surface area contributed by atoms with Crippen molar-refractivity contribution in [1.82, 2.24) is 5.32 Å². The predicted molar refractivity (Wildman–Crippen MR) is 65.8 cm³/mol. The molecule has 1 aliphatic heterocycles. The average Bonchev–Trinajstić information content (AvgIpc) is 2.45. The van der Waals surface area contributed by atoms with E-state index in [1.54, 1.807) is 12.1 Å². The van der Waals surface area contributed by atoms with E-state index >= 15 is 0 Å². The van der Waals surface area contributed by atoms with Crippen LogP contribution in [0.3, 0.4) is 0 Å². The number of hydrogen-bond donors (Lipinski definition) is 1. The van der Waals surface area contributed by atoms with E-state index in [4.69, 9.17) is 19.5 Å². The van der Waals surface area contributed by atoms with Gasteiger partial charge in [0, 0.05) is 6.54 Å². The Balaban J connectivity index is 1.83. The summed E-state index contributed by atoms with van der Waals surface area (Å²) in [6.07, 6.45) is -0.274. The minimum Gasteiger partial charge on any atom is -0.486 e. The molecule has 1 amide bonds. The lowest BCUT2D eigenvalue weighted by Gasteiger charge is -2.18. The van der Waals surface area contributed by atoms with E-state index in [-0.39, 0.29) is 19.6 Å². The molecule has 100 valence electrons. The number of carbonyl (C=O) groups excluding carboxylic acids is 1. The zero-order valence-corrected chi connectivity index (χ0v) is 10.3. The van der Waals surface area contributed by atoms with Crippen molar-refractivity contribution in [1.29, 1.82) is 5.26 Å². The van der Waals surface area contributed by atoms with Crippen LogP contribution in [0.25, 0.3) is 0 Å². The van der Waals surface area contributed by atoms with Crippen molar-refractivity contribution in [3.63, 3.8) is 0 Å². The molecule has 6 nitrogen and oxygen atoms in total. The fourth-order valence-corrected chi connectivity index (χ4v) is 1.60. The summed E-state index contributed by atoms with van der Waals surface area (Å²) >= 11 is 0. The molecule has 1 heterocycles. The van der Waals surface area contributed by atoms with Crippen LogP contribution in [0.1, 0.15) is 12.0 Å². The Labute approximate surface area is 110 Å². The maximum Gasteiger partial charge on any atom is 0.407 e. The summed E-state index contributed by atoms with van der Waals surface area (Å²) in [6, 6.07) is 7.33. The second kappa shape index (κ2) is 6.50. The maximum absolute atomic E-state index is 11.3. The molecule has 0 radical (unpaired) electrons. The van der Waals surface area contributed by atoms with Crippen molar-refractivity contribution < 1.29 is 19.0 Å². The van der Waals surface area contributed by atoms with Crippen molar-refractivity contribution in [2.24, 2.45) is 0 Å². The first-order valence-electron chi connectivity index (χ1n) is 5.95. The van der Waals surface area contributed by atoms with Gasteiger partial charge in [0.2, 0.25) is 0 Å². The molecule has 0 aliphatic carbocycles. The van der Waals surface area contributed by atoms with E-state index in [9.17, 15) is 4.79 Å². The number of amides is 1. The molecule has 0 atom stereocenters. The van der Waals surface area contributed by atoms with Gasteiger partial charge in [0.1, 0.15) is 19.8 Å². The van der Waals surface area contributed by atoms with Crippen LogP contribution in [0.15, 0.2) is 18.2 Å². The van der Waals surface area contributed by atoms with E-state index in [1.807, 2.05) is 12.1 Å². The van der Waals surface area contributed by atoms with E-state index < -0.39 is 6.09 Å². The Kier molecular flexibility index (Phi) is 4.45. The molecule has 0 saturated heterocycles. The van der Waals surface area contributed by atoms with Crippen LogP contribution >= 0.6 is 0 Å². The Morgan fingerprint density at radius 1 is 1.37 bits per heavy atom. The Bertz CT molecular complexity index is 496. The molecule has 0 saturated carbocycles. The third kappa shape index (κ3) is 3.78. The summed E-state index contributed by atoms with van der Waals surface area (Å²) in [6.45, 7) is 1.50. The summed E-state index contributed by atoms with van der Waals surface area (Å²) < 4.78 is 15.8. The fourth-order valence-electron chi connectivity index (χ4n) is 1.60. The van der Waals surface area contributed by atoms with Crippen LogP contribution in [0.2, 0.25) is 0 Å². The van der Waals surface area contributed by atoms with E-state index in [0.29, 0.717) is 24.7 Å². The highest BCUT2D eigenvalue weighted by Crippen LogP contribution is 2.30. The summed E-state index contributed by atoms with van der Waals surface area (Å²) in [7, 11) is 0. The molecule has 0 aromatic heterocycles. The Morgan fingerprint density at radius 3 is 2.95 bits per heavy atom. The highest BCUT2D eigenvalue weighted by Gasteiger charge is 2.12. The first-order chi connectivity index (χ1) is 9.29. The van der Waals surface area contributed by atoms with Crippen molar-refractivity contribution in [2.45, 2.75) is 13.0 Å². The molecule has 0 spiro atoms. The number of benzene rings is 1. The predicted octanol–water partition coefficient (Wildman–Crippen LogP) is 1.60. The number of hydrogen-bond acceptors (Lipinski definition) is 5. The van der Waals surface area contributed by atoms with Crippen LogP contribution in [0.5, 0.6) is 11.5 Å². The number of rotatable bonds is 4. The second-order valence-electron chi connectivity index (χ2n) is 3.89. The fraction of sp³-hybridized carbons (Fsp3) is 0.385. The third-order valence-corrected chi connectivity index (χ3v) is 2.48. The van der Waals surface area contributed by atoms with Gasteiger partial charge in [-0.2, -0.15) is 5.26 Å². The van der Waals surface area contributed by atoms with Crippen LogP contribution in [-0.4, -0.2) is 25.9 Å². The second-order valence-corrected chi connectivity index (χ2v) is 3.89. The molecule has 1 aromatic rings. The van der Waals surface area contributed by atoms with Gasteiger partial charge in [0.25, 0.3) is 0 Å². The van der Waals surface area contributed by atoms with Crippen molar-refractivity contribution >= 4 is 6.09 Å². The standard InChI is InChI=1S/C13H14N2O4/c14-4-1-5-15-13(16)19-9-10-2-3-11-12(8-10)18-7-6-17-11/h2-3,8H,1,5-7,9H2,(H,15,16). The number of alkyl carbamates (subject to hydrolysis) is 1. The highest BCUT2D eigenvalue weighted by molar-refractivity contribution is 5.67. The van der Waals surface area contributed by atoms with E-state index in [0.717, 1.165) is 5.56 Å². The maximum atomic E-state index is 11.3. The summed E-state index contributed by atoms with van der Waals surface area (Å²) in [4.78, 5) is 11.3. The summed E-state index contributed by atoms with van der Waals surface area (Å²) in [5, 5.41) is 10.8. The summed E-state index contributed by atoms with van der Waals surface area (Å²) in [5.41, 5.74) is 0.819. The van der Waals surface area contributed by atoms with Gasteiger partial charge in [-0.1, -0.05) is 6.07 Å². The normalized spacial score (nSPS) is 12.4. The van der Waals surface area contributed by atoms with Gasteiger partial charge in [-0.15, -0.1) is 0 Å². The monoisotopic (exact) mass is 262 g/mol. The van der Waals surface area contributed by atoms with Crippen LogP contribution in [0.4, 0.5) is 4.79 Å². The van der Waals surface area contributed by atoms with Crippen molar-refractivity contribution in [3.8, 4) is 17.6 Å². The Morgan fingerprint density at radius 2 is 2.16 bits per heavy atom. The first kappa shape index (κ1) is 13.0. The smallest absolute Gasteiger partial charge is 0.407 e. The van der Waals surface area contributed by atoms with Gasteiger partial charge in [0.05, 0.1) is 12.5 Å². The number of nitriles is 1. The van der Waals surface area contributed by atoms with Crippen LogP contribution in [0, 0.1) is 11.3 Å². The molecule has 1 aliphatic rings. The number of ether oxygens (including phenoxy) is 3. The highest BCUT2D eigenvalue weighted by atomic mass is 16.6. The molecular formula is C13H14N2O4. The molecule has 19 heavy (non-hydrogen) atoms. The van der Waals surface area contributed by atoms with Gasteiger partial charge >= 0.3 is 6.09 Å². The topological polar surface area (TPSA) is 80.6 Å². The molecule has 1 aromatic carbocycles. The molecule has 2 rings (SSSR count). The molecule has 0 unspecified atom stereocenters. The lowest BCUT2D eigenvalue weighted by molar-refractivity contribution is 0.139. The average molecular weight is 262 g/mol. The SMILES string of the molecule is N#CCCNC(=O)OCc1ccc2c(c1)OCCO2. The minimum absolute atomic E-state index is 0.148. The van der Waals surface area contributed by atoms with Gasteiger partial charge in [-0.3, -0.25) is 0 Å². The molecule has 0 fully saturated rings. The zero-order valence-electron chi connectivity index (χ0n) is 10.3. The lowest BCUT2D eigenvalue weighted by atomic mass is 10.2. The van der Waals surface area contributed by atoms with Gasteiger partial charge in [0.15, 0.2) is 11.5 Å². The van der Waals surface area contributed by atoms with Gasteiger partial charge in [-0.05, 0) is 17.7 Å². The molecular weight excluding hydrogens is 248 g/mol. The quantitative estimate of drug-likeness (QED) is 0.833. The van der Waals surface area contributed by atoms with E-state index in [2.05, 4.69) is 5.32 Å². The number of nitrogens with one attached hydrogen (secondary N) is 1. The van der Waals surface area contributed by atoms with Crippen LogP contribution < -0.4 is 14.8 Å². The molecule has 0 bridgehead atoms. The molecule has 6 heteroatoms. The largest absolute Gasteiger partial charge is 0.486 e. The van der Waals surface area contributed by atoms with Gasteiger partial charge < -0.3 is 19.5 Å². The third-order valence-electron chi connectivity index (χ3n) is 2.48. The number of fused-ring (bicyclic) bond motifs is 1. The van der Waals surface area contributed by atoms with Crippen LogP contribution in [-0.2, 0) is 11.3 Å². The minimum atomic E-state index is -0.537.